The lowest BCUT2D eigenvalue weighted by atomic mass is 10.1. The molecule has 0 aliphatic carbocycles. The van der Waals surface area contributed by atoms with E-state index in [1.54, 1.807) is 12.1 Å². The molecule has 0 fully saturated rings. The maximum Gasteiger partial charge on any atom is 0.191 e. The predicted molar refractivity (Wildman–Crippen MR) is 88.9 cm³/mol. The van der Waals surface area contributed by atoms with E-state index in [-0.39, 0.29) is 5.82 Å². The fraction of sp³-hybridized carbons (Fsp3) is 0.412. The third kappa shape index (κ3) is 5.09. The van der Waals surface area contributed by atoms with E-state index in [0.717, 1.165) is 48.1 Å². The summed E-state index contributed by atoms with van der Waals surface area (Å²) < 4.78 is 18.1. The van der Waals surface area contributed by atoms with Crippen LogP contribution in [-0.2, 0) is 13.0 Å². The average Bonchev–Trinajstić information content (AvgIpc) is 2.86. The van der Waals surface area contributed by atoms with Crippen LogP contribution in [0.15, 0.2) is 33.8 Å². The van der Waals surface area contributed by atoms with Crippen molar-refractivity contribution >= 4 is 5.96 Å². The van der Waals surface area contributed by atoms with Crippen molar-refractivity contribution < 1.29 is 8.91 Å². The fourth-order valence-corrected chi connectivity index (χ4v) is 2.27. The van der Waals surface area contributed by atoms with E-state index in [1.807, 2.05) is 20.8 Å². The van der Waals surface area contributed by atoms with Gasteiger partial charge in [-0.25, -0.2) is 9.38 Å². The Morgan fingerprint density at radius 2 is 1.96 bits per heavy atom. The Hall–Kier alpha value is -2.37. The normalized spacial score (nSPS) is 11.6. The van der Waals surface area contributed by atoms with Gasteiger partial charge in [0.05, 0.1) is 12.2 Å². The second-order valence-corrected chi connectivity index (χ2v) is 5.30. The van der Waals surface area contributed by atoms with E-state index in [9.17, 15) is 4.39 Å². The summed E-state index contributed by atoms with van der Waals surface area (Å²) in [6.07, 6.45) is 0.822. The van der Waals surface area contributed by atoms with Crippen LogP contribution in [0.25, 0.3) is 0 Å². The summed E-state index contributed by atoms with van der Waals surface area (Å²) in [7, 11) is 0. The molecule has 0 unspecified atom stereocenters. The zero-order chi connectivity index (χ0) is 16.7. The highest BCUT2D eigenvalue weighted by Gasteiger charge is 2.08. The highest BCUT2D eigenvalue weighted by molar-refractivity contribution is 5.79. The molecule has 0 saturated carbocycles. The molecular weight excluding hydrogens is 295 g/mol. The van der Waals surface area contributed by atoms with Crippen LogP contribution in [0.1, 0.15) is 29.5 Å². The number of guanidine groups is 1. The predicted octanol–water partition coefficient (Wildman–Crippen LogP) is 2.73. The molecule has 2 rings (SSSR count). The number of aromatic nitrogens is 1. The van der Waals surface area contributed by atoms with Crippen molar-refractivity contribution in [3.05, 3.63) is 52.7 Å². The van der Waals surface area contributed by atoms with Crippen LogP contribution in [-0.4, -0.2) is 24.2 Å². The van der Waals surface area contributed by atoms with Crippen LogP contribution in [0.4, 0.5) is 4.39 Å². The van der Waals surface area contributed by atoms with Gasteiger partial charge in [-0.2, -0.15) is 0 Å². The standard InChI is InChI=1S/C17H23FN4O/c1-4-19-17(21-11-14-5-7-15(18)8-6-14)20-10-9-16-12(2)22-23-13(16)3/h5-8H,4,9-11H2,1-3H3,(H2,19,20,21). The Morgan fingerprint density at radius 1 is 1.22 bits per heavy atom. The summed E-state index contributed by atoms with van der Waals surface area (Å²) in [6.45, 7) is 7.89. The van der Waals surface area contributed by atoms with Crippen molar-refractivity contribution in [2.24, 2.45) is 4.99 Å². The summed E-state index contributed by atoms with van der Waals surface area (Å²) in [5, 5.41) is 10.4. The number of hydrogen-bond donors (Lipinski definition) is 2. The summed E-state index contributed by atoms with van der Waals surface area (Å²) in [5.74, 6) is 1.36. The summed E-state index contributed by atoms with van der Waals surface area (Å²) in [5.41, 5.74) is 3.03. The first-order chi connectivity index (χ1) is 11.1. The van der Waals surface area contributed by atoms with Gasteiger partial charge in [-0.15, -0.1) is 0 Å². The molecule has 0 spiro atoms. The molecular formula is C17H23FN4O. The minimum atomic E-state index is -0.234. The smallest absolute Gasteiger partial charge is 0.191 e. The monoisotopic (exact) mass is 318 g/mol. The van der Waals surface area contributed by atoms with Crippen LogP contribution < -0.4 is 10.6 Å². The third-order valence-corrected chi connectivity index (χ3v) is 3.53. The van der Waals surface area contributed by atoms with Gasteiger partial charge in [0, 0.05) is 18.7 Å². The quantitative estimate of drug-likeness (QED) is 0.635. The summed E-state index contributed by atoms with van der Waals surface area (Å²) >= 11 is 0. The lowest BCUT2D eigenvalue weighted by molar-refractivity contribution is 0.392. The number of nitrogens with zero attached hydrogens (tertiary/aromatic N) is 2. The van der Waals surface area contributed by atoms with Crippen molar-refractivity contribution in [2.45, 2.75) is 33.7 Å². The van der Waals surface area contributed by atoms with Crippen molar-refractivity contribution in [1.82, 2.24) is 15.8 Å². The van der Waals surface area contributed by atoms with Crippen molar-refractivity contribution in [3.63, 3.8) is 0 Å². The van der Waals surface area contributed by atoms with E-state index >= 15 is 0 Å². The van der Waals surface area contributed by atoms with Crippen molar-refractivity contribution in [2.75, 3.05) is 13.1 Å². The topological polar surface area (TPSA) is 62.5 Å². The Kier molecular flexibility index (Phi) is 6.14. The molecule has 0 aliphatic rings. The van der Waals surface area contributed by atoms with Gasteiger partial charge >= 0.3 is 0 Å². The molecule has 2 aromatic rings. The van der Waals surface area contributed by atoms with Gasteiger partial charge < -0.3 is 15.2 Å². The highest BCUT2D eigenvalue weighted by atomic mass is 19.1. The molecule has 1 aromatic heterocycles. The molecule has 1 heterocycles. The van der Waals surface area contributed by atoms with Crippen LogP contribution in [0.2, 0.25) is 0 Å². The van der Waals surface area contributed by atoms with Gasteiger partial charge in [0.25, 0.3) is 0 Å². The number of rotatable bonds is 6. The molecule has 6 heteroatoms. The minimum Gasteiger partial charge on any atom is -0.361 e. The Labute approximate surface area is 136 Å². The van der Waals surface area contributed by atoms with E-state index in [4.69, 9.17) is 4.52 Å². The molecule has 0 amide bonds. The lowest BCUT2D eigenvalue weighted by Gasteiger charge is -2.11. The molecule has 0 bridgehead atoms. The Morgan fingerprint density at radius 3 is 2.57 bits per heavy atom. The molecule has 124 valence electrons. The van der Waals surface area contributed by atoms with Gasteiger partial charge in [-0.1, -0.05) is 17.3 Å². The minimum absolute atomic E-state index is 0.234. The Balaban J connectivity index is 1.90. The van der Waals surface area contributed by atoms with Gasteiger partial charge in [-0.3, -0.25) is 0 Å². The van der Waals surface area contributed by atoms with E-state index in [0.29, 0.717) is 6.54 Å². The number of hydrogen-bond acceptors (Lipinski definition) is 3. The van der Waals surface area contributed by atoms with Gasteiger partial charge in [0.1, 0.15) is 11.6 Å². The highest BCUT2D eigenvalue weighted by Crippen LogP contribution is 2.12. The zero-order valence-corrected chi connectivity index (χ0v) is 13.8. The first-order valence-corrected chi connectivity index (χ1v) is 7.78. The molecule has 2 N–H and O–H groups in total. The second kappa shape index (κ2) is 8.31. The first kappa shape index (κ1) is 17.0. The van der Waals surface area contributed by atoms with Crippen LogP contribution in [0.3, 0.4) is 0 Å². The third-order valence-electron chi connectivity index (χ3n) is 3.53. The van der Waals surface area contributed by atoms with Gasteiger partial charge in [0.2, 0.25) is 0 Å². The van der Waals surface area contributed by atoms with Crippen LogP contribution >= 0.6 is 0 Å². The lowest BCUT2D eigenvalue weighted by Crippen LogP contribution is -2.38. The number of halogens is 1. The fourth-order valence-electron chi connectivity index (χ4n) is 2.27. The van der Waals surface area contributed by atoms with Gasteiger partial charge in [-0.05, 0) is 44.9 Å². The number of aryl methyl sites for hydroxylation is 2. The zero-order valence-electron chi connectivity index (χ0n) is 13.8. The number of nitrogens with one attached hydrogen (secondary N) is 2. The number of aliphatic imine (C=N–C) groups is 1. The molecule has 0 saturated heterocycles. The molecule has 0 aliphatic heterocycles. The SMILES string of the molecule is CCNC(=NCc1ccc(F)cc1)NCCc1c(C)noc1C. The summed E-state index contributed by atoms with van der Waals surface area (Å²) in [6, 6.07) is 6.38. The molecule has 23 heavy (non-hydrogen) atoms. The van der Waals surface area contributed by atoms with Crippen LogP contribution in [0.5, 0.6) is 0 Å². The molecule has 5 nitrogen and oxygen atoms in total. The van der Waals surface area contributed by atoms with E-state index in [1.165, 1.54) is 12.1 Å². The van der Waals surface area contributed by atoms with E-state index in [2.05, 4.69) is 20.8 Å². The van der Waals surface area contributed by atoms with Crippen molar-refractivity contribution in [3.8, 4) is 0 Å². The first-order valence-electron chi connectivity index (χ1n) is 7.78. The largest absolute Gasteiger partial charge is 0.361 e. The Bertz CT molecular complexity index is 630. The number of benzene rings is 1. The maximum atomic E-state index is 12.9. The second-order valence-electron chi connectivity index (χ2n) is 5.30. The maximum absolute atomic E-state index is 12.9. The average molecular weight is 318 g/mol. The van der Waals surface area contributed by atoms with Crippen molar-refractivity contribution in [1.29, 1.82) is 0 Å². The van der Waals surface area contributed by atoms with Crippen LogP contribution in [0, 0.1) is 19.7 Å². The molecule has 0 atom stereocenters. The molecule has 1 aromatic carbocycles. The van der Waals surface area contributed by atoms with Gasteiger partial charge in [0.15, 0.2) is 5.96 Å². The summed E-state index contributed by atoms with van der Waals surface area (Å²) in [4.78, 5) is 4.51. The molecule has 0 radical (unpaired) electrons. The van der Waals surface area contributed by atoms with E-state index < -0.39 is 0 Å².